The van der Waals surface area contributed by atoms with E-state index in [9.17, 15) is 14.0 Å². The summed E-state index contributed by atoms with van der Waals surface area (Å²) < 4.78 is 14.5. The van der Waals surface area contributed by atoms with Crippen molar-refractivity contribution in [2.45, 2.75) is 24.4 Å². The van der Waals surface area contributed by atoms with Gasteiger partial charge < -0.3 is 10.3 Å². The molecule has 0 saturated carbocycles. The third kappa shape index (κ3) is 2.99. The maximum atomic E-state index is 14.5. The lowest BCUT2D eigenvalue weighted by molar-refractivity contribution is -0.116. The Bertz CT molecular complexity index is 879. The number of aromatic nitrogens is 2. The number of H-pyrrole nitrogens is 1. The van der Waals surface area contributed by atoms with E-state index in [1.54, 1.807) is 31.2 Å². The first-order chi connectivity index (χ1) is 11.5. The van der Waals surface area contributed by atoms with Gasteiger partial charge in [-0.25, -0.2) is 9.37 Å². The van der Waals surface area contributed by atoms with Gasteiger partial charge in [0.1, 0.15) is 11.6 Å². The summed E-state index contributed by atoms with van der Waals surface area (Å²) in [5.41, 5.74) is 0.743. The van der Waals surface area contributed by atoms with Crippen LogP contribution < -0.4 is 10.9 Å². The van der Waals surface area contributed by atoms with Gasteiger partial charge >= 0.3 is 0 Å². The van der Waals surface area contributed by atoms with Gasteiger partial charge in [-0.15, -0.1) is 6.58 Å². The lowest BCUT2D eigenvalue weighted by Crippen LogP contribution is -2.31. The summed E-state index contributed by atoms with van der Waals surface area (Å²) in [5.74, 6) is -0.555. The Hall–Kier alpha value is -2.41. The zero-order valence-electron chi connectivity index (χ0n) is 13.1. The van der Waals surface area contributed by atoms with Crippen LogP contribution in [0.3, 0.4) is 0 Å². The van der Waals surface area contributed by atoms with Crippen molar-refractivity contribution in [1.29, 1.82) is 0 Å². The topological polar surface area (TPSA) is 74.8 Å². The Labute approximate surface area is 142 Å². The Morgan fingerprint density at radius 2 is 2.25 bits per heavy atom. The number of hydrogen-bond donors (Lipinski definition) is 2. The molecular formula is C17H16FN3O2S. The number of amides is 1. The highest BCUT2D eigenvalue weighted by Gasteiger charge is 2.32. The van der Waals surface area contributed by atoms with Crippen molar-refractivity contribution in [1.82, 2.24) is 9.97 Å². The molecule has 1 atom stereocenters. The van der Waals surface area contributed by atoms with Crippen molar-refractivity contribution in [3.63, 3.8) is 0 Å². The maximum Gasteiger partial charge on any atom is 0.257 e. The van der Waals surface area contributed by atoms with Crippen molar-refractivity contribution in [2.24, 2.45) is 0 Å². The van der Waals surface area contributed by atoms with Crippen molar-refractivity contribution < 1.29 is 9.18 Å². The molecule has 0 spiro atoms. The Balaban J connectivity index is 2.13. The second-order valence-corrected chi connectivity index (χ2v) is 6.52. The fraction of sp³-hybridized carbons (Fsp3) is 0.235. The van der Waals surface area contributed by atoms with Crippen molar-refractivity contribution >= 4 is 23.5 Å². The zero-order valence-corrected chi connectivity index (χ0v) is 13.9. The average Bonchev–Trinajstić information content (AvgIpc) is 2.54. The molecule has 1 aromatic heterocycles. The van der Waals surface area contributed by atoms with Gasteiger partial charge in [0.2, 0.25) is 5.91 Å². The van der Waals surface area contributed by atoms with Gasteiger partial charge in [0.25, 0.3) is 5.56 Å². The number of halogens is 1. The number of fused-ring (bicyclic) bond motifs is 1. The zero-order chi connectivity index (χ0) is 17.3. The van der Waals surface area contributed by atoms with Crippen LogP contribution in [0.2, 0.25) is 0 Å². The number of carbonyl (C=O) groups is 1. The summed E-state index contributed by atoms with van der Waals surface area (Å²) >= 11 is 1.30. The molecule has 1 aliphatic rings. The van der Waals surface area contributed by atoms with Crippen molar-refractivity contribution in [3.8, 4) is 0 Å². The van der Waals surface area contributed by atoms with Crippen LogP contribution in [0.1, 0.15) is 29.0 Å². The minimum Gasteiger partial charge on any atom is -0.310 e. The number of carbonyl (C=O) groups excluding carboxylic acids is 1. The molecule has 124 valence electrons. The van der Waals surface area contributed by atoms with Crippen LogP contribution in [0.5, 0.6) is 0 Å². The van der Waals surface area contributed by atoms with E-state index in [1.165, 1.54) is 11.8 Å². The van der Waals surface area contributed by atoms with Gasteiger partial charge in [0.05, 0.1) is 5.56 Å². The molecule has 0 unspecified atom stereocenters. The molecule has 0 bridgehead atoms. The highest BCUT2D eigenvalue weighted by molar-refractivity contribution is 7.99. The van der Waals surface area contributed by atoms with E-state index < -0.39 is 11.7 Å². The molecule has 1 amide bonds. The lowest BCUT2D eigenvalue weighted by Gasteiger charge is -2.25. The normalized spacial score (nSPS) is 16.4. The van der Waals surface area contributed by atoms with Gasteiger partial charge in [-0.05, 0) is 18.1 Å². The largest absolute Gasteiger partial charge is 0.310 e. The van der Waals surface area contributed by atoms with Crippen LogP contribution >= 0.6 is 11.8 Å². The van der Waals surface area contributed by atoms with Crippen LogP contribution in [0.4, 0.5) is 10.2 Å². The average molecular weight is 345 g/mol. The summed E-state index contributed by atoms with van der Waals surface area (Å²) in [6, 6.07) is 4.98. The summed E-state index contributed by atoms with van der Waals surface area (Å²) in [4.78, 5) is 31.5. The summed E-state index contributed by atoms with van der Waals surface area (Å²) in [6.07, 6.45) is 1.70. The molecule has 2 aromatic rings. The number of benzene rings is 1. The van der Waals surface area contributed by atoms with E-state index in [2.05, 4.69) is 21.9 Å². The first kappa shape index (κ1) is 16.4. The minimum atomic E-state index is -0.650. The summed E-state index contributed by atoms with van der Waals surface area (Å²) in [7, 11) is 0. The second kappa shape index (κ2) is 6.60. The smallest absolute Gasteiger partial charge is 0.257 e. The van der Waals surface area contributed by atoms with Crippen LogP contribution in [0, 0.1) is 12.7 Å². The van der Waals surface area contributed by atoms with Gasteiger partial charge in [0.15, 0.2) is 5.16 Å². The first-order valence-corrected chi connectivity index (χ1v) is 8.42. The molecule has 1 aromatic carbocycles. The molecule has 24 heavy (non-hydrogen) atoms. The van der Waals surface area contributed by atoms with E-state index in [4.69, 9.17) is 0 Å². The molecule has 3 rings (SSSR count). The maximum absolute atomic E-state index is 14.5. The Kier molecular flexibility index (Phi) is 4.53. The van der Waals surface area contributed by atoms with Crippen LogP contribution in [-0.4, -0.2) is 21.6 Å². The monoisotopic (exact) mass is 345 g/mol. The number of rotatable bonds is 4. The minimum absolute atomic E-state index is 0.0112. The number of aryl methyl sites for hydroxylation is 1. The van der Waals surface area contributed by atoms with Crippen LogP contribution in [0.25, 0.3) is 0 Å². The highest BCUT2D eigenvalue weighted by Crippen LogP contribution is 2.36. The van der Waals surface area contributed by atoms with E-state index in [0.29, 0.717) is 27.6 Å². The second-order valence-electron chi connectivity index (χ2n) is 5.52. The van der Waals surface area contributed by atoms with Gasteiger partial charge in [-0.1, -0.05) is 36.0 Å². The number of hydrogen-bond acceptors (Lipinski definition) is 4. The molecular weight excluding hydrogens is 329 g/mol. The number of nitrogens with one attached hydrogen (secondary N) is 2. The van der Waals surface area contributed by atoms with E-state index in [-0.39, 0.29) is 23.7 Å². The SMILES string of the molecule is C=CCSc1nc2c(c(=O)[nH]1)[C@H](c1cccc(C)c1F)CC(=O)N2. The molecule has 0 fully saturated rings. The molecule has 5 nitrogen and oxygen atoms in total. The van der Waals surface area contributed by atoms with Crippen LogP contribution in [0.15, 0.2) is 40.8 Å². The molecule has 2 N–H and O–H groups in total. The fourth-order valence-corrected chi connectivity index (χ4v) is 3.36. The molecule has 0 aliphatic carbocycles. The Morgan fingerprint density at radius 3 is 3.00 bits per heavy atom. The molecule has 0 radical (unpaired) electrons. The van der Waals surface area contributed by atoms with Gasteiger partial charge in [-0.3, -0.25) is 9.59 Å². The fourth-order valence-electron chi connectivity index (χ4n) is 2.76. The van der Waals surface area contributed by atoms with Crippen molar-refractivity contribution in [3.05, 3.63) is 63.7 Å². The highest BCUT2D eigenvalue weighted by atomic mass is 32.2. The molecule has 1 aliphatic heterocycles. The summed E-state index contributed by atoms with van der Waals surface area (Å²) in [5, 5.41) is 3.01. The third-order valence-corrected chi connectivity index (χ3v) is 4.73. The first-order valence-electron chi connectivity index (χ1n) is 7.44. The van der Waals surface area contributed by atoms with E-state index in [1.807, 2.05) is 0 Å². The third-order valence-electron chi connectivity index (χ3n) is 3.86. The number of anilines is 1. The van der Waals surface area contributed by atoms with E-state index in [0.717, 1.165) is 0 Å². The molecule has 0 saturated heterocycles. The van der Waals surface area contributed by atoms with Gasteiger partial charge in [-0.2, -0.15) is 0 Å². The van der Waals surface area contributed by atoms with E-state index >= 15 is 0 Å². The summed E-state index contributed by atoms with van der Waals surface area (Å²) in [6.45, 7) is 5.27. The Morgan fingerprint density at radius 1 is 1.46 bits per heavy atom. The number of thioether (sulfide) groups is 1. The molecule has 2 heterocycles. The quantitative estimate of drug-likeness (QED) is 0.507. The predicted octanol–water partition coefficient (Wildman–Crippen LogP) is 2.97. The lowest BCUT2D eigenvalue weighted by atomic mass is 9.86. The standard InChI is InChI=1S/C17H16FN3O2S/c1-3-7-24-17-20-15-13(16(23)21-17)11(8-12(22)19-15)10-6-4-5-9(2)14(10)18/h3-6,11H,1,7-8H2,2H3,(H2,19,20,21,22,23)/t11-/m0/s1. The number of aromatic amines is 1. The predicted molar refractivity (Wildman–Crippen MR) is 92.0 cm³/mol. The van der Waals surface area contributed by atoms with Gasteiger partial charge in [0, 0.05) is 18.1 Å². The van der Waals surface area contributed by atoms with Crippen LogP contribution in [-0.2, 0) is 4.79 Å². The molecule has 7 heteroatoms. The van der Waals surface area contributed by atoms with Crippen molar-refractivity contribution in [2.75, 3.05) is 11.1 Å². The number of nitrogens with zero attached hydrogens (tertiary/aromatic N) is 1.